The maximum absolute atomic E-state index is 9.30. The molecule has 1 heterocycles. The van der Waals surface area contributed by atoms with Crippen LogP contribution < -0.4 is 5.32 Å². The van der Waals surface area contributed by atoms with Crippen molar-refractivity contribution >= 4 is 5.82 Å². The Balaban J connectivity index is 2.06. The highest BCUT2D eigenvalue weighted by Crippen LogP contribution is 2.27. The second kappa shape index (κ2) is 6.85. The molecular weight excluding hydrogens is 238 g/mol. The number of nitrogens with one attached hydrogen (secondary N) is 1. The molecule has 0 saturated heterocycles. The van der Waals surface area contributed by atoms with Gasteiger partial charge < -0.3 is 10.4 Å². The Bertz CT molecular complexity index is 408. The van der Waals surface area contributed by atoms with Crippen molar-refractivity contribution in [1.29, 1.82) is 0 Å². The highest BCUT2D eigenvalue weighted by Gasteiger charge is 2.22. The number of hydrogen-bond acceptors (Lipinski definition) is 4. The summed E-state index contributed by atoms with van der Waals surface area (Å²) in [7, 11) is 0. The molecule has 0 aliphatic heterocycles. The van der Waals surface area contributed by atoms with Gasteiger partial charge in [-0.05, 0) is 38.5 Å². The minimum atomic E-state index is 0.308. The number of nitrogens with zero attached hydrogens (tertiary/aromatic N) is 2. The van der Waals surface area contributed by atoms with Crippen LogP contribution in [-0.4, -0.2) is 27.7 Å². The second-order valence-corrected chi connectivity index (χ2v) is 5.60. The van der Waals surface area contributed by atoms with Crippen LogP contribution in [0.4, 0.5) is 5.82 Å². The van der Waals surface area contributed by atoms with Gasteiger partial charge >= 0.3 is 0 Å². The fraction of sp³-hybridized carbons (Fsp3) is 0.733. The first kappa shape index (κ1) is 14.3. The van der Waals surface area contributed by atoms with Crippen LogP contribution in [-0.2, 0) is 6.42 Å². The largest absolute Gasteiger partial charge is 0.396 e. The molecule has 0 aromatic carbocycles. The topological polar surface area (TPSA) is 58.0 Å². The number of aliphatic hydroxyl groups excluding tert-OH is 1. The van der Waals surface area contributed by atoms with Gasteiger partial charge in [-0.1, -0.05) is 19.8 Å². The van der Waals surface area contributed by atoms with E-state index in [-0.39, 0.29) is 0 Å². The summed E-state index contributed by atoms with van der Waals surface area (Å²) in [6.07, 6.45) is 8.62. The molecule has 0 amide bonds. The fourth-order valence-electron chi connectivity index (χ4n) is 2.85. The predicted octanol–water partition coefficient (Wildman–Crippen LogP) is 2.70. The number of rotatable bonds is 5. The van der Waals surface area contributed by atoms with E-state index in [0.29, 0.717) is 18.6 Å². The number of aliphatic hydroxyl groups is 1. The summed E-state index contributed by atoms with van der Waals surface area (Å²) in [5.41, 5.74) is 1.21. The zero-order chi connectivity index (χ0) is 13.7. The fourth-order valence-corrected chi connectivity index (χ4v) is 2.85. The predicted molar refractivity (Wildman–Crippen MR) is 77.2 cm³/mol. The van der Waals surface area contributed by atoms with Crippen molar-refractivity contribution in [1.82, 2.24) is 9.97 Å². The quantitative estimate of drug-likeness (QED) is 0.857. The molecule has 0 bridgehead atoms. The Kier molecular flexibility index (Phi) is 5.14. The van der Waals surface area contributed by atoms with E-state index in [2.05, 4.69) is 22.2 Å². The smallest absolute Gasteiger partial charge is 0.133 e. The van der Waals surface area contributed by atoms with E-state index in [9.17, 15) is 5.11 Å². The Morgan fingerprint density at radius 1 is 1.42 bits per heavy atom. The van der Waals surface area contributed by atoms with Crippen molar-refractivity contribution in [2.45, 2.75) is 58.4 Å². The lowest BCUT2D eigenvalue weighted by Gasteiger charge is -2.29. The molecule has 1 saturated carbocycles. The van der Waals surface area contributed by atoms with Gasteiger partial charge in [-0.15, -0.1) is 0 Å². The van der Waals surface area contributed by atoms with Gasteiger partial charge in [0.1, 0.15) is 11.6 Å². The molecule has 4 nitrogen and oxygen atoms in total. The molecule has 1 aliphatic carbocycles. The summed E-state index contributed by atoms with van der Waals surface area (Å²) in [6, 6.07) is 0.441. The van der Waals surface area contributed by atoms with Crippen LogP contribution in [0.25, 0.3) is 0 Å². The number of hydrogen-bond donors (Lipinski definition) is 2. The number of aryl methyl sites for hydroxylation is 2. The molecule has 1 aromatic rings. The molecule has 106 valence electrons. The third-order valence-electron chi connectivity index (χ3n) is 3.89. The second-order valence-electron chi connectivity index (χ2n) is 5.60. The molecule has 0 radical (unpaired) electrons. The molecule has 1 fully saturated rings. The Hall–Kier alpha value is -1.16. The van der Waals surface area contributed by atoms with Crippen LogP contribution in [0.2, 0.25) is 0 Å². The first-order valence-corrected chi connectivity index (χ1v) is 7.42. The van der Waals surface area contributed by atoms with Crippen molar-refractivity contribution in [2.75, 3.05) is 11.9 Å². The van der Waals surface area contributed by atoms with Gasteiger partial charge in [-0.3, -0.25) is 0 Å². The van der Waals surface area contributed by atoms with Crippen LogP contribution in [0.15, 0.2) is 6.20 Å². The highest BCUT2D eigenvalue weighted by molar-refractivity contribution is 5.44. The molecule has 2 N–H and O–H groups in total. The van der Waals surface area contributed by atoms with E-state index in [4.69, 9.17) is 0 Å². The van der Waals surface area contributed by atoms with Crippen LogP contribution >= 0.6 is 0 Å². The van der Waals surface area contributed by atoms with Crippen LogP contribution in [0.3, 0.4) is 0 Å². The molecule has 1 aliphatic rings. The summed E-state index contributed by atoms with van der Waals surface area (Å²) in [5.74, 6) is 2.26. The summed E-state index contributed by atoms with van der Waals surface area (Å²) in [6.45, 7) is 4.41. The Morgan fingerprint density at radius 2 is 2.26 bits per heavy atom. The lowest BCUT2D eigenvalue weighted by molar-refractivity contribution is 0.184. The summed E-state index contributed by atoms with van der Waals surface area (Å²) >= 11 is 0. The zero-order valence-corrected chi connectivity index (χ0v) is 12.0. The van der Waals surface area contributed by atoms with Gasteiger partial charge in [-0.25, -0.2) is 9.97 Å². The van der Waals surface area contributed by atoms with Crippen LogP contribution in [0.5, 0.6) is 0 Å². The maximum atomic E-state index is 9.30. The minimum Gasteiger partial charge on any atom is -0.396 e. The van der Waals surface area contributed by atoms with E-state index in [1.54, 1.807) is 0 Å². The van der Waals surface area contributed by atoms with E-state index >= 15 is 0 Å². The monoisotopic (exact) mass is 263 g/mol. The van der Waals surface area contributed by atoms with E-state index in [1.807, 2.05) is 13.1 Å². The van der Waals surface area contributed by atoms with E-state index < -0.39 is 0 Å². The Labute approximate surface area is 115 Å². The van der Waals surface area contributed by atoms with Gasteiger partial charge in [0.15, 0.2) is 0 Å². The van der Waals surface area contributed by atoms with Crippen molar-refractivity contribution in [3.8, 4) is 0 Å². The summed E-state index contributed by atoms with van der Waals surface area (Å²) in [4.78, 5) is 8.84. The van der Waals surface area contributed by atoms with Crippen LogP contribution in [0, 0.1) is 12.8 Å². The third kappa shape index (κ3) is 3.90. The highest BCUT2D eigenvalue weighted by atomic mass is 16.3. The number of anilines is 1. The first-order chi connectivity index (χ1) is 9.22. The van der Waals surface area contributed by atoms with Gasteiger partial charge in [0.05, 0.1) is 0 Å². The van der Waals surface area contributed by atoms with Crippen molar-refractivity contribution in [3.05, 3.63) is 17.6 Å². The van der Waals surface area contributed by atoms with Crippen molar-refractivity contribution < 1.29 is 5.11 Å². The maximum Gasteiger partial charge on any atom is 0.133 e. The lowest BCUT2D eigenvalue weighted by atomic mass is 9.86. The standard InChI is InChI=1S/C15H25N3O/c1-3-5-13-9-16-11(2)17-15(13)18-14-7-4-6-12(8-14)10-19/h9,12,14,19H,3-8,10H2,1-2H3,(H,16,17,18)/t12-,14+/m1/s1. The van der Waals surface area contributed by atoms with Gasteiger partial charge in [0.2, 0.25) is 0 Å². The third-order valence-corrected chi connectivity index (χ3v) is 3.89. The summed E-state index contributed by atoms with van der Waals surface area (Å²) < 4.78 is 0. The molecule has 19 heavy (non-hydrogen) atoms. The Morgan fingerprint density at radius 3 is 3.00 bits per heavy atom. The molecule has 4 heteroatoms. The molecule has 1 aromatic heterocycles. The molecule has 0 unspecified atom stereocenters. The van der Waals surface area contributed by atoms with E-state index in [1.165, 1.54) is 18.4 Å². The van der Waals surface area contributed by atoms with Crippen LogP contribution in [0.1, 0.15) is 50.4 Å². The molecule has 2 rings (SSSR count). The lowest BCUT2D eigenvalue weighted by Crippen LogP contribution is -2.29. The van der Waals surface area contributed by atoms with Crippen molar-refractivity contribution in [3.63, 3.8) is 0 Å². The molecular formula is C15H25N3O. The average Bonchev–Trinajstić information content (AvgIpc) is 2.42. The zero-order valence-electron chi connectivity index (χ0n) is 12.0. The average molecular weight is 263 g/mol. The van der Waals surface area contributed by atoms with Gasteiger partial charge in [0, 0.05) is 24.4 Å². The minimum absolute atomic E-state index is 0.308. The number of aromatic nitrogens is 2. The van der Waals surface area contributed by atoms with E-state index in [0.717, 1.165) is 37.3 Å². The molecule has 0 spiro atoms. The molecule has 2 atom stereocenters. The summed E-state index contributed by atoms with van der Waals surface area (Å²) in [5, 5.41) is 12.9. The first-order valence-electron chi connectivity index (χ1n) is 7.42. The SMILES string of the molecule is CCCc1cnc(C)nc1N[C@H]1CCC[C@@H](CO)C1. The van der Waals surface area contributed by atoms with Gasteiger partial charge in [-0.2, -0.15) is 0 Å². The normalized spacial score (nSPS) is 23.3. The van der Waals surface area contributed by atoms with Crippen molar-refractivity contribution in [2.24, 2.45) is 5.92 Å². The van der Waals surface area contributed by atoms with Gasteiger partial charge in [0.25, 0.3) is 0 Å².